The van der Waals surface area contributed by atoms with Gasteiger partial charge in [0, 0.05) is 17.4 Å². The third-order valence-electron chi connectivity index (χ3n) is 4.82. The quantitative estimate of drug-likeness (QED) is 0.385. The number of urea groups is 1. The fourth-order valence-electron chi connectivity index (χ4n) is 3.48. The number of amides is 2. The number of benzene rings is 1. The summed E-state index contributed by atoms with van der Waals surface area (Å²) in [4.78, 5) is 17.0. The molecule has 11 heteroatoms. The largest absolute Gasteiger partial charge is 0.390 e. The Bertz CT molecular complexity index is 1310. The summed E-state index contributed by atoms with van der Waals surface area (Å²) in [5.41, 5.74) is 4.43. The monoisotopic (exact) mass is 473 g/mol. The predicted octanol–water partition coefficient (Wildman–Crippen LogP) is 4.79. The van der Waals surface area contributed by atoms with Gasteiger partial charge in [0.1, 0.15) is 0 Å². The van der Waals surface area contributed by atoms with Crippen LogP contribution in [0.25, 0.3) is 11.3 Å². The van der Waals surface area contributed by atoms with Crippen LogP contribution in [0.15, 0.2) is 36.5 Å². The van der Waals surface area contributed by atoms with Crippen molar-refractivity contribution in [3.05, 3.63) is 63.8 Å². The molecular formula is C21H21Cl2N7O2. The van der Waals surface area contributed by atoms with Gasteiger partial charge in [-0.1, -0.05) is 37.0 Å². The molecule has 0 atom stereocenters. The second-order valence-corrected chi connectivity index (χ2v) is 8.34. The van der Waals surface area contributed by atoms with Gasteiger partial charge in [0.05, 0.1) is 40.6 Å². The summed E-state index contributed by atoms with van der Waals surface area (Å²) in [7, 11) is 0. The van der Waals surface area contributed by atoms with E-state index in [0.717, 1.165) is 11.4 Å². The molecule has 0 saturated carbocycles. The molecule has 0 radical (unpaired) electrons. The zero-order valence-corrected chi connectivity index (χ0v) is 19.1. The van der Waals surface area contributed by atoms with Crippen molar-refractivity contribution in [3.63, 3.8) is 0 Å². The Morgan fingerprint density at radius 3 is 2.59 bits per heavy atom. The molecule has 4 rings (SSSR count). The third kappa shape index (κ3) is 4.27. The highest BCUT2D eigenvalue weighted by molar-refractivity contribution is 6.32. The number of halogens is 2. The minimum atomic E-state index is -0.451. The SMILES string of the molecule is Cc1cc(CO)nn1-c1ccc(NC(=O)Nc2cnc3cc(Cl)nn3c2C(C)C)cc1Cl. The minimum Gasteiger partial charge on any atom is -0.390 e. The van der Waals surface area contributed by atoms with Crippen molar-refractivity contribution in [2.75, 3.05) is 10.6 Å². The van der Waals surface area contributed by atoms with E-state index in [9.17, 15) is 9.90 Å². The van der Waals surface area contributed by atoms with Crippen LogP contribution in [0, 0.1) is 6.92 Å². The van der Waals surface area contributed by atoms with E-state index < -0.39 is 6.03 Å². The average molecular weight is 474 g/mol. The molecule has 3 aromatic heterocycles. The van der Waals surface area contributed by atoms with Gasteiger partial charge in [-0.3, -0.25) is 0 Å². The number of fused-ring (bicyclic) bond motifs is 1. The number of hydrogen-bond donors (Lipinski definition) is 3. The number of aliphatic hydroxyl groups excluding tert-OH is 1. The predicted molar refractivity (Wildman–Crippen MR) is 124 cm³/mol. The number of rotatable bonds is 5. The molecule has 0 unspecified atom stereocenters. The summed E-state index contributed by atoms with van der Waals surface area (Å²) in [5.74, 6) is 0.0571. The molecule has 0 aliphatic heterocycles. The number of aliphatic hydroxyl groups is 1. The van der Waals surface area contributed by atoms with Gasteiger partial charge in [0.2, 0.25) is 0 Å². The van der Waals surface area contributed by atoms with Gasteiger partial charge in [0.15, 0.2) is 10.8 Å². The number of nitrogens with zero attached hydrogens (tertiary/aromatic N) is 5. The lowest BCUT2D eigenvalue weighted by atomic mass is 10.1. The number of aromatic nitrogens is 5. The summed E-state index contributed by atoms with van der Waals surface area (Å²) in [5, 5.41) is 24.2. The van der Waals surface area contributed by atoms with Crippen LogP contribution in [0.4, 0.5) is 16.2 Å². The van der Waals surface area contributed by atoms with Crippen LogP contribution in [0.1, 0.15) is 36.8 Å². The number of carbonyl (C=O) groups is 1. The van der Waals surface area contributed by atoms with Crippen LogP contribution < -0.4 is 10.6 Å². The molecule has 0 saturated heterocycles. The Morgan fingerprint density at radius 1 is 1.16 bits per heavy atom. The molecule has 1 aromatic carbocycles. The lowest BCUT2D eigenvalue weighted by Gasteiger charge is -2.15. The van der Waals surface area contributed by atoms with Crippen molar-refractivity contribution < 1.29 is 9.90 Å². The second-order valence-electron chi connectivity index (χ2n) is 7.54. The van der Waals surface area contributed by atoms with Gasteiger partial charge < -0.3 is 15.7 Å². The van der Waals surface area contributed by atoms with Gasteiger partial charge in [0.25, 0.3) is 0 Å². The molecule has 32 heavy (non-hydrogen) atoms. The van der Waals surface area contributed by atoms with Crippen LogP contribution >= 0.6 is 23.2 Å². The van der Waals surface area contributed by atoms with E-state index in [4.69, 9.17) is 23.2 Å². The van der Waals surface area contributed by atoms with Crippen molar-refractivity contribution in [2.24, 2.45) is 0 Å². The number of hydrogen-bond acceptors (Lipinski definition) is 5. The molecule has 3 heterocycles. The zero-order valence-electron chi connectivity index (χ0n) is 17.6. The first-order chi connectivity index (χ1) is 15.3. The molecule has 0 aliphatic rings. The van der Waals surface area contributed by atoms with E-state index in [1.165, 1.54) is 0 Å². The Morgan fingerprint density at radius 2 is 1.94 bits per heavy atom. The zero-order chi connectivity index (χ0) is 23.0. The Labute approximate surface area is 194 Å². The maximum Gasteiger partial charge on any atom is 0.323 e. The normalized spacial score (nSPS) is 11.3. The van der Waals surface area contributed by atoms with Crippen molar-refractivity contribution in [3.8, 4) is 5.69 Å². The fraction of sp³-hybridized carbons (Fsp3) is 0.238. The highest BCUT2D eigenvalue weighted by Gasteiger charge is 2.17. The minimum absolute atomic E-state index is 0.0571. The van der Waals surface area contributed by atoms with E-state index in [0.29, 0.717) is 38.6 Å². The van der Waals surface area contributed by atoms with Gasteiger partial charge in [-0.25, -0.2) is 19.0 Å². The third-order valence-corrected chi connectivity index (χ3v) is 5.31. The molecule has 2 amide bonds. The number of anilines is 2. The molecule has 4 aromatic rings. The van der Waals surface area contributed by atoms with E-state index in [1.807, 2.05) is 20.8 Å². The topological polar surface area (TPSA) is 109 Å². The molecule has 3 N–H and O–H groups in total. The average Bonchev–Trinajstić information content (AvgIpc) is 3.29. The lowest BCUT2D eigenvalue weighted by Crippen LogP contribution is -2.22. The first-order valence-corrected chi connectivity index (χ1v) is 10.6. The Kier molecular flexibility index (Phi) is 6.05. The number of nitrogens with one attached hydrogen (secondary N) is 2. The molecule has 166 valence electrons. The maximum atomic E-state index is 12.7. The maximum absolute atomic E-state index is 12.7. The second kappa shape index (κ2) is 8.78. The van der Waals surface area contributed by atoms with E-state index >= 15 is 0 Å². The summed E-state index contributed by atoms with van der Waals surface area (Å²) in [6, 6.07) is 8.09. The highest BCUT2D eigenvalue weighted by Crippen LogP contribution is 2.27. The van der Waals surface area contributed by atoms with Crippen LogP contribution in [0.3, 0.4) is 0 Å². The fourth-order valence-corrected chi connectivity index (χ4v) is 3.91. The molecule has 0 fully saturated rings. The summed E-state index contributed by atoms with van der Waals surface area (Å²) >= 11 is 12.5. The van der Waals surface area contributed by atoms with Crippen molar-refractivity contribution in [1.82, 2.24) is 24.4 Å². The van der Waals surface area contributed by atoms with Crippen molar-refractivity contribution >= 4 is 46.3 Å². The first kappa shape index (κ1) is 22.1. The lowest BCUT2D eigenvalue weighted by molar-refractivity contribution is 0.262. The standard InChI is InChI=1S/C21H21Cl2N7O2/c1-11(2)20-16(9-24-19-8-18(23)28-30(19)20)26-21(32)25-13-4-5-17(15(22)7-13)29-12(3)6-14(10-31)27-29/h4-9,11,31H,10H2,1-3H3,(H2,25,26,32). The molecule has 9 nitrogen and oxygen atoms in total. The van der Waals surface area contributed by atoms with Crippen molar-refractivity contribution in [1.29, 1.82) is 0 Å². The smallest absolute Gasteiger partial charge is 0.323 e. The van der Waals surface area contributed by atoms with Gasteiger partial charge >= 0.3 is 6.03 Å². The molecule has 0 spiro atoms. The Balaban J connectivity index is 1.55. The van der Waals surface area contributed by atoms with Crippen LogP contribution in [0.2, 0.25) is 10.2 Å². The van der Waals surface area contributed by atoms with Gasteiger partial charge in [-0.05, 0) is 37.1 Å². The molecular weight excluding hydrogens is 453 g/mol. The molecule has 0 aliphatic carbocycles. The summed E-state index contributed by atoms with van der Waals surface area (Å²) < 4.78 is 3.27. The Hall–Kier alpha value is -3.14. The number of aryl methyl sites for hydroxylation is 1. The first-order valence-electron chi connectivity index (χ1n) is 9.85. The van der Waals surface area contributed by atoms with E-state index in [2.05, 4.69) is 25.8 Å². The van der Waals surface area contributed by atoms with Crippen molar-refractivity contribution in [2.45, 2.75) is 33.3 Å². The van der Waals surface area contributed by atoms with E-state index in [-0.39, 0.29) is 12.5 Å². The number of carbonyl (C=O) groups excluding carboxylic acids is 1. The van der Waals surface area contributed by atoms with Crippen LogP contribution in [0.5, 0.6) is 0 Å². The molecule has 0 bridgehead atoms. The van der Waals surface area contributed by atoms with Crippen LogP contribution in [-0.2, 0) is 6.61 Å². The highest BCUT2D eigenvalue weighted by atomic mass is 35.5. The van der Waals surface area contributed by atoms with Crippen LogP contribution in [-0.4, -0.2) is 35.5 Å². The summed E-state index contributed by atoms with van der Waals surface area (Å²) in [6.07, 6.45) is 1.58. The van der Waals surface area contributed by atoms with Gasteiger partial charge in [-0.2, -0.15) is 10.2 Å². The van der Waals surface area contributed by atoms with Gasteiger partial charge in [-0.15, -0.1) is 0 Å². The summed E-state index contributed by atoms with van der Waals surface area (Å²) in [6.45, 7) is 5.69. The van der Waals surface area contributed by atoms with E-state index in [1.54, 1.807) is 45.7 Å².